The van der Waals surface area contributed by atoms with E-state index >= 15 is 0 Å². The van der Waals surface area contributed by atoms with Crippen LogP contribution < -0.4 is 10.1 Å². The second-order valence-electron chi connectivity index (χ2n) is 5.97. The second-order valence-corrected chi connectivity index (χ2v) is 5.97. The van der Waals surface area contributed by atoms with Gasteiger partial charge in [-0.3, -0.25) is 4.79 Å². The number of anilines is 1. The fourth-order valence-electron chi connectivity index (χ4n) is 2.76. The summed E-state index contributed by atoms with van der Waals surface area (Å²) >= 11 is 0. The van der Waals surface area contributed by atoms with Crippen LogP contribution in [0, 0.1) is 20.8 Å². The van der Waals surface area contributed by atoms with Gasteiger partial charge in [0.1, 0.15) is 5.75 Å². The van der Waals surface area contributed by atoms with Crippen molar-refractivity contribution >= 4 is 11.6 Å². The van der Waals surface area contributed by atoms with Gasteiger partial charge in [0.25, 0.3) is 0 Å². The van der Waals surface area contributed by atoms with Crippen molar-refractivity contribution in [1.29, 1.82) is 0 Å². The summed E-state index contributed by atoms with van der Waals surface area (Å²) in [5.74, 6) is 0.981. The van der Waals surface area contributed by atoms with E-state index in [1.165, 1.54) is 5.56 Å². The average Bonchev–Trinajstić information content (AvgIpc) is 2.51. The molecule has 3 nitrogen and oxygen atoms in total. The Kier molecular flexibility index (Phi) is 5.80. The van der Waals surface area contributed by atoms with Crippen LogP contribution in [0.5, 0.6) is 5.75 Å². The van der Waals surface area contributed by atoms with E-state index in [9.17, 15) is 4.79 Å². The summed E-state index contributed by atoms with van der Waals surface area (Å²) in [5, 5.41) is 3.04. The van der Waals surface area contributed by atoms with Gasteiger partial charge in [0.15, 0.2) is 0 Å². The van der Waals surface area contributed by atoms with Gasteiger partial charge in [0.05, 0.1) is 7.11 Å². The van der Waals surface area contributed by atoms with Crippen LogP contribution in [-0.4, -0.2) is 13.0 Å². The van der Waals surface area contributed by atoms with Crippen molar-refractivity contribution in [2.45, 2.75) is 40.0 Å². The molecule has 0 bridgehead atoms. The number of hydrogen-bond donors (Lipinski definition) is 1. The zero-order valence-corrected chi connectivity index (χ0v) is 14.4. The molecule has 0 fully saturated rings. The van der Waals surface area contributed by atoms with Crippen molar-refractivity contribution in [1.82, 2.24) is 0 Å². The van der Waals surface area contributed by atoms with Gasteiger partial charge in [-0.05, 0) is 61.9 Å². The number of hydrogen-bond acceptors (Lipinski definition) is 2. The van der Waals surface area contributed by atoms with Gasteiger partial charge in [0.2, 0.25) is 5.91 Å². The Morgan fingerprint density at radius 1 is 1.04 bits per heavy atom. The first-order chi connectivity index (χ1) is 11.0. The zero-order valence-electron chi connectivity index (χ0n) is 14.4. The van der Waals surface area contributed by atoms with Gasteiger partial charge in [-0.15, -0.1) is 0 Å². The van der Waals surface area contributed by atoms with Crippen LogP contribution in [0.3, 0.4) is 0 Å². The number of aryl methyl sites for hydroxylation is 4. The fourth-order valence-corrected chi connectivity index (χ4v) is 2.76. The Morgan fingerprint density at radius 2 is 1.74 bits per heavy atom. The first-order valence-electron chi connectivity index (χ1n) is 8.01. The number of carbonyl (C=O) groups excluding carboxylic acids is 1. The maximum Gasteiger partial charge on any atom is 0.224 e. The molecule has 0 aliphatic carbocycles. The summed E-state index contributed by atoms with van der Waals surface area (Å²) in [4.78, 5) is 12.1. The third-order valence-corrected chi connectivity index (χ3v) is 4.07. The first-order valence-corrected chi connectivity index (χ1v) is 8.01. The maximum atomic E-state index is 12.1. The number of methoxy groups -OCH3 is 1. The molecule has 122 valence electrons. The van der Waals surface area contributed by atoms with Crippen molar-refractivity contribution in [2.24, 2.45) is 0 Å². The number of carbonyl (C=O) groups is 1. The predicted octanol–water partition coefficient (Wildman–Crippen LogP) is 4.58. The van der Waals surface area contributed by atoms with E-state index in [1.807, 2.05) is 45.0 Å². The Labute approximate surface area is 138 Å². The van der Waals surface area contributed by atoms with E-state index in [2.05, 4.69) is 17.4 Å². The molecule has 2 rings (SSSR count). The molecule has 0 radical (unpaired) electrons. The topological polar surface area (TPSA) is 38.3 Å². The minimum atomic E-state index is 0.0765. The largest absolute Gasteiger partial charge is 0.496 e. The summed E-state index contributed by atoms with van der Waals surface area (Å²) in [6, 6.07) is 12.2. The molecular weight excluding hydrogens is 286 g/mol. The minimum Gasteiger partial charge on any atom is -0.496 e. The Bertz CT molecular complexity index is 672. The third kappa shape index (κ3) is 4.59. The van der Waals surface area contributed by atoms with Crippen molar-refractivity contribution in [2.75, 3.05) is 12.4 Å². The molecule has 0 aliphatic heterocycles. The fraction of sp³-hybridized carbons (Fsp3) is 0.350. The lowest BCUT2D eigenvalue weighted by Gasteiger charge is -2.11. The number of rotatable bonds is 6. The molecule has 0 heterocycles. The van der Waals surface area contributed by atoms with Crippen LogP contribution in [0.25, 0.3) is 0 Å². The van der Waals surface area contributed by atoms with E-state index in [0.29, 0.717) is 6.42 Å². The average molecular weight is 311 g/mol. The highest BCUT2D eigenvalue weighted by molar-refractivity contribution is 5.92. The molecule has 0 saturated carbocycles. The molecule has 3 heteroatoms. The van der Waals surface area contributed by atoms with Crippen molar-refractivity contribution in [3.63, 3.8) is 0 Å². The van der Waals surface area contributed by atoms with Gasteiger partial charge in [-0.1, -0.05) is 30.3 Å². The quantitative estimate of drug-likeness (QED) is 0.848. The lowest BCUT2D eigenvalue weighted by atomic mass is 10.0. The lowest BCUT2D eigenvalue weighted by molar-refractivity contribution is -0.116. The molecule has 2 aromatic carbocycles. The van der Waals surface area contributed by atoms with Crippen LogP contribution in [0.1, 0.15) is 35.1 Å². The van der Waals surface area contributed by atoms with E-state index in [-0.39, 0.29) is 5.91 Å². The van der Waals surface area contributed by atoms with Crippen LogP contribution >= 0.6 is 0 Å². The third-order valence-electron chi connectivity index (χ3n) is 4.07. The van der Waals surface area contributed by atoms with Crippen LogP contribution in [0.2, 0.25) is 0 Å². The van der Waals surface area contributed by atoms with Gasteiger partial charge in [-0.2, -0.15) is 0 Å². The summed E-state index contributed by atoms with van der Waals surface area (Å²) in [6.45, 7) is 6.07. The Hall–Kier alpha value is -2.29. The second kappa shape index (κ2) is 7.82. The van der Waals surface area contributed by atoms with Gasteiger partial charge < -0.3 is 10.1 Å². The molecule has 23 heavy (non-hydrogen) atoms. The van der Waals surface area contributed by atoms with Crippen LogP contribution in [0.15, 0.2) is 36.4 Å². The highest BCUT2D eigenvalue weighted by Crippen LogP contribution is 2.21. The van der Waals surface area contributed by atoms with Crippen LogP contribution in [-0.2, 0) is 11.2 Å². The Morgan fingerprint density at radius 3 is 2.35 bits per heavy atom. The normalized spacial score (nSPS) is 10.4. The summed E-state index contributed by atoms with van der Waals surface area (Å²) in [7, 11) is 1.68. The summed E-state index contributed by atoms with van der Waals surface area (Å²) < 4.78 is 5.27. The predicted molar refractivity (Wildman–Crippen MR) is 95.2 cm³/mol. The SMILES string of the molecule is COc1ccc(CCCC(=O)Nc2c(C)cccc2C)cc1C. The smallest absolute Gasteiger partial charge is 0.224 e. The van der Waals surface area contributed by atoms with E-state index in [0.717, 1.165) is 41.0 Å². The van der Waals surface area contributed by atoms with E-state index in [1.54, 1.807) is 7.11 Å². The maximum absolute atomic E-state index is 12.1. The highest BCUT2D eigenvalue weighted by atomic mass is 16.5. The molecule has 0 atom stereocenters. The first kappa shape index (κ1) is 17.1. The Balaban J connectivity index is 1.86. The summed E-state index contributed by atoms with van der Waals surface area (Å²) in [5.41, 5.74) is 5.51. The van der Waals surface area contributed by atoms with Crippen molar-refractivity contribution in [3.05, 3.63) is 58.7 Å². The molecule has 0 saturated heterocycles. The van der Waals surface area contributed by atoms with Crippen molar-refractivity contribution in [3.8, 4) is 5.75 Å². The molecule has 0 unspecified atom stereocenters. The molecule has 2 aromatic rings. The number of para-hydroxylation sites is 1. The molecule has 0 spiro atoms. The number of benzene rings is 2. The molecule has 1 N–H and O–H groups in total. The van der Waals surface area contributed by atoms with Gasteiger partial charge in [-0.25, -0.2) is 0 Å². The summed E-state index contributed by atoms with van der Waals surface area (Å²) in [6.07, 6.45) is 2.26. The van der Waals surface area contributed by atoms with E-state index < -0.39 is 0 Å². The number of ether oxygens (including phenoxy) is 1. The zero-order chi connectivity index (χ0) is 16.8. The van der Waals surface area contributed by atoms with Crippen LogP contribution in [0.4, 0.5) is 5.69 Å². The number of amides is 1. The van der Waals surface area contributed by atoms with E-state index in [4.69, 9.17) is 4.74 Å². The molecule has 0 aromatic heterocycles. The highest BCUT2D eigenvalue weighted by Gasteiger charge is 2.07. The van der Waals surface area contributed by atoms with Gasteiger partial charge >= 0.3 is 0 Å². The molecule has 0 aliphatic rings. The van der Waals surface area contributed by atoms with Gasteiger partial charge in [0, 0.05) is 12.1 Å². The standard InChI is InChI=1S/C20H25NO2/c1-14-7-5-8-15(2)20(14)21-19(22)10-6-9-17-11-12-18(23-4)16(3)13-17/h5,7-8,11-13H,6,9-10H2,1-4H3,(H,21,22). The minimum absolute atomic E-state index is 0.0765. The monoisotopic (exact) mass is 311 g/mol. The number of nitrogens with one attached hydrogen (secondary N) is 1. The molecular formula is C20H25NO2. The molecule has 1 amide bonds. The lowest BCUT2D eigenvalue weighted by Crippen LogP contribution is -2.13. The van der Waals surface area contributed by atoms with Crippen molar-refractivity contribution < 1.29 is 9.53 Å².